The minimum Gasteiger partial charge on any atom is -0.379 e. The Morgan fingerprint density at radius 3 is 2.68 bits per heavy atom. The van der Waals surface area contributed by atoms with Gasteiger partial charge in [-0.3, -0.25) is 9.52 Å². The molecule has 4 rings (SSSR count). The lowest BCUT2D eigenvalue weighted by atomic mass is 10.0. The SMILES string of the molecule is CN(C(=O)C(Cc1cc(F)cc(F)c1)NC(=O)NSN1CCOCC1)c1ccc2scnc2c1. The number of likely N-dealkylation sites (N-methyl/N-ethyl adjacent to an activating group) is 1. The first-order chi connectivity index (χ1) is 16.4. The van der Waals surface area contributed by atoms with Crippen molar-refractivity contribution < 1.29 is 23.1 Å². The highest BCUT2D eigenvalue weighted by Gasteiger charge is 2.26. The predicted octanol–water partition coefficient (Wildman–Crippen LogP) is 3.34. The topological polar surface area (TPSA) is 86.8 Å². The van der Waals surface area contributed by atoms with Crippen molar-refractivity contribution in [1.82, 2.24) is 19.3 Å². The number of aromatic nitrogens is 1. The quantitative estimate of drug-likeness (QED) is 0.477. The van der Waals surface area contributed by atoms with Crippen molar-refractivity contribution in [2.24, 2.45) is 0 Å². The molecule has 8 nitrogen and oxygen atoms in total. The number of amides is 3. The molecule has 3 aromatic rings. The van der Waals surface area contributed by atoms with E-state index in [1.807, 2.05) is 10.4 Å². The van der Waals surface area contributed by atoms with Gasteiger partial charge in [0.1, 0.15) is 17.7 Å². The molecule has 2 heterocycles. The molecule has 3 amide bonds. The number of rotatable bonds is 7. The number of fused-ring (bicyclic) bond motifs is 1. The zero-order chi connectivity index (χ0) is 24.1. The second-order valence-electron chi connectivity index (χ2n) is 7.64. The number of nitrogens with one attached hydrogen (secondary N) is 2. The van der Waals surface area contributed by atoms with Gasteiger partial charge in [-0.15, -0.1) is 11.3 Å². The number of morpholine rings is 1. The molecule has 180 valence electrons. The Kier molecular flexibility index (Phi) is 7.93. The van der Waals surface area contributed by atoms with E-state index in [1.54, 1.807) is 24.7 Å². The molecule has 1 fully saturated rings. The number of carbonyl (C=O) groups excluding carboxylic acids is 2. The second kappa shape index (κ2) is 11.1. The molecule has 12 heteroatoms. The minimum atomic E-state index is -1.07. The van der Waals surface area contributed by atoms with Gasteiger partial charge in [-0.25, -0.2) is 22.9 Å². The average molecular weight is 508 g/mol. The Bertz CT molecular complexity index is 1150. The molecule has 34 heavy (non-hydrogen) atoms. The summed E-state index contributed by atoms with van der Waals surface area (Å²) in [5.74, 6) is -1.95. The number of nitrogens with zero attached hydrogens (tertiary/aromatic N) is 3. The summed E-state index contributed by atoms with van der Waals surface area (Å²) in [5, 5.41) is 2.65. The van der Waals surface area contributed by atoms with E-state index in [9.17, 15) is 18.4 Å². The summed E-state index contributed by atoms with van der Waals surface area (Å²) in [6, 6.07) is 6.82. The summed E-state index contributed by atoms with van der Waals surface area (Å²) in [6.07, 6.45) is -0.0908. The third-order valence-corrected chi connectivity index (χ3v) is 6.94. The van der Waals surface area contributed by atoms with E-state index >= 15 is 0 Å². The first kappa shape index (κ1) is 24.3. The lowest BCUT2D eigenvalue weighted by Gasteiger charge is -2.27. The number of ether oxygens (including phenoxy) is 1. The molecule has 2 aromatic carbocycles. The fourth-order valence-corrected chi connectivity index (χ4v) is 4.77. The lowest BCUT2D eigenvalue weighted by Crippen LogP contribution is -2.51. The number of urea groups is 1. The fraction of sp³-hybridized carbons (Fsp3) is 0.318. The van der Waals surface area contributed by atoms with Gasteiger partial charge in [0.2, 0.25) is 5.91 Å². The molecule has 0 radical (unpaired) electrons. The van der Waals surface area contributed by atoms with Crippen LogP contribution in [-0.4, -0.2) is 60.6 Å². The molecule has 0 bridgehead atoms. The van der Waals surface area contributed by atoms with Crippen molar-refractivity contribution in [3.8, 4) is 0 Å². The Hall–Kier alpha value is -2.80. The molecule has 0 spiro atoms. The van der Waals surface area contributed by atoms with Crippen molar-refractivity contribution in [3.63, 3.8) is 0 Å². The van der Waals surface area contributed by atoms with E-state index in [-0.39, 0.29) is 12.0 Å². The highest BCUT2D eigenvalue weighted by atomic mass is 32.2. The van der Waals surface area contributed by atoms with Crippen LogP contribution in [0.2, 0.25) is 0 Å². The largest absolute Gasteiger partial charge is 0.379 e. The van der Waals surface area contributed by atoms with Gasteiger partial charge in [0.25, 0.3) is 0 Å². The third kappa shape index (κ3) is 6.20. The van der Waals surface area contributed by atoms with Crippen LogP contribution in [0.15, 0.2) is 41.9 Å². The Morgan fingerprint density at radius 1 is 1.21 bits per heavy atom. The van der Waals surface area contributed by atoms with Gasteiger partial charge in [0.15, 0.2) is 0 Å². The molecule has 1 aromatic heterocycles. The molecule has 0 aliphatic carbocycles. The van der Waals surface area contributed by atoms with Crippen LogP contribution in [0.5, 0.6) is 0 Å². The van der Waals surface area contributed by atoms with Crippen LogP contribution in [0.3, 0.4) is 0 Å². The Balaban J connectivity index is 1.50. The van der Waals surface area contributed by atoms with Gasteiger partial charge in [0.05, 0.1) is 28.9 Å². The van der Waals surface area contributed by atoms with Crippen LogP contribution in [0, 0.1) is 11.6 Å². The Morgan fingerprint density at radius 2 is 1.94 bits per heavy atom. The van der Waals surface area contributed by atoms with Crippen LogP contribution in [0.1, 0.15) is 5.56 Å². The maximum Gasteiger partial charge on any atom is 0.326 e. The number of hydrogen-bond donors (Lipinski definition) is 2. The van der Waals surface area contributed by atoms with Crippen molar-refractivity contribution in [2.45, 2.75) is 12.5 Å². The summed E-state index contributed by atoms with van der Waals surface area (Å²) in [7, 11) is 1.58. The summed E-state index contributed by atoms with van der Waals surface area (Å²) < 4.78 is 38.3. The number of benzene rings is 2. The molecule has 1 saturated heterocycles. The molecule has 1 aliphatic rings. The standard InChI is InChI=1S/C22H23F2N5O3S2/c1-28(17-2-3-20-18(12-17)25-13-33-20)21(30)19(10-14-8-15(23)11-16(24)9-14)26-22(31)27-34-29-4-6-32-7-5-29/h2-3,8-9,11-13,19H,4-7,10H2,1H3,(H2,26,27,31). The molecular formula is C22H23F2N5O3S2. The summed E-state index contributed by atoms with van der Waals surface area (Å²) >= 11 is 2.60. The zero-order valence-electron chi connectivity index (χ0n) is 18.3. The molecule has 1 unspecified atom stereocenters. The van der Waals surface area contributed by atoms with E-state index < -0.39 is 29.6 Å². The lowest BCUT2D eigenvalue weighted by molar-refractivity contribution is -0.120. The number of hydrogen-bond acceptors (Lipinski definition) is 7. The van der Waals surface area contributed by atoms with E-state index in [0.717, 1.165) is 40.5 Å². The number of anilines is 1. The van der Waals surface area contributed by atoms with E-state index in [2.05, 4.69) is 15.0 Å². The molecule has 1 atom stereocenters. The van der Waals surface area contributed by atoms with Gasteiger partial charge in [-0.1, -0.05) is 0 Å². The summed E-state index contributed by atoms with van der Waals surface area (Å²) in [4.78, 5) is 31.6. The zero-order valence-corrected chi connectivity index (χ0v) is 19.9. The van der Waals surface area contributed by atoms with Crippen molar-refractivity contribution in [2.75, 3.05) is 38.3 Å². The maximum absolute atomic E-state index is 13.7. The van der Waals surface area contributed by atoms with Gasteiger partial charge < -0.3 is 15.0 Å². The minimum absolute atomic E-state index is 0.0908. The smallest absolute Gasteiger partial charge is 0.326 e. The molecule has 2 N–H and O–H groups in total. The first-order valence-electron chi connectivity index (χ1n) is 10.5. The van der Waals surface area contributed by atoms with Gasteiger partial charge in [-0.05, 0) is 35.9 Å². The average Bonchev–Trinajstić information content (AvgIpc) is 3.29. The first-order valence-corrected chi connectivity index (χ1v) is 12.2. The molecule has 1 aliphatic heterocycles. The summed E-state index contributed by atoms with van der Waals surface area (Å²) in [6.45, 7) is 2.43. The van der Waals surface area contributed by atoms with Crippen LogP contribution in [-0.2, 0) is 16.0 Å². The van der Waals surface area contributed by atoms with Crippen LogP contribution >= 0.6 is 23.5 Å². The Labute approximate surface area is 203 Å². The van der Waals surface area contributed by atoms with Crippen LogP contribution in [0.4, 0.5) is 19.3 Å². The normalized spacial score (nSPS) is 15.1. The van der Waals surface area contributed by atoms with Crippen molar-refractivity contribution in [1.29, 1.82) is 0 Å². The number of carbonyl (C=O) groups is 2. The van der Waals surface area contributed by atoms with E-state index in [1.165, 1.54) is 16.2 Å². The monoisotopic (exact) mass is 507 g/mol. The van der Waals surface area contributed by atoms with Gasteiger partial charge in [0, 0.05) is 50.4 Å². The van der Waals surface area contributed by atoms with Crippen LogP contribution in [0.25, 0.3) is 10.2 Å². The number of thiazole rings is 1. The van der Waals surface area contributed by atoms with Crippen LogP contribution < -0.4 is 14.9 Å². The maximum atomic E-state index is 13.7. The van der Waals surface area contributed by atoms with E-state index in [4.69, 9.17) is 4.74 Å². The highest BCUT2D eigenvalue weighted by molar-refractivity contribution is 7.95. The predicted molar refractivity (Wildman–Crippen MR) is 129 cm³/mol. The fourth-order valence-electron chi connectivity index (χ4n) is 3.51. The van der Waals surface area contributed by atoms with Crippen molar-refractivity contribution in [3.05, 3.63) is 59.1 Å². The molecule has 0 saturated carbocycles. The van der Waals surface area contributed by atoms with Gasteiger partial charge in [-0.2, -0.15) is 0 Å². The van der Waals surface area contributed by atoms with E-state index in [0.29, 0.717) is 32.0 Å². The second-order valence-corrected chi connectivity index (χ2v) is 9.43. The highest BCUT2D eigenvalue weighted by Crippen LogP contribution is 2.24. The summed E-state index contributed by atoms with van der Waals surface area (Å²) in [5.41, 5.74) is 3.30. The number of halogens is 2. The van der Waals surface area contributed by atoms with Gasteiger partial charge >= 0.3 is 6.03 Å². The third-order valence-electron chi connectivity index (χ3n) is 5.23. The molecular weight excluding hydrogens is 484 g/mol. The van der Waals surface area contributed by atoms with Crippen molar-refractivity contribution >= 4 is 51.3 Å².